The Kier molecular flexibility index (Phi) is 5.94. The molecule has 0 aliphatic carbocycles. The lowest BCUT2D eigenvalue weighted by atomic mass is 9.92. The molecule has 2 aliphatic rings. The van der Waals surface area contributed by atoms with Crippen LogP contribution in [0, 0.1) is 6.92 Å². The number of piperidine rings is 1. The zero-order valence-corrected chi connectivity index (χ0v) is 19.5. The van der Waals surface area contributed by atoms with Gasteiger partial charge in [-0.15, -0.1) is 0 Å². The van der Waals surface area contributed by atoms with E-state index in [-0.39, 0.29) is 11.9 Å². The maximum Gasteiger partial charge on any atom is 0.254 e. The van der Waals surface area contributed by atoms with Crippen molar-refractivity contribution in [1.29, 1.82) is 0 Å². The van der Waals surface area contributed by atoms with E-state index in [1.165, 1.54) is 6.42 Å². The predicted octanol–water partition coefficient (Wildman–Crippen LogP) is 4.64. The van der Waals surface area contributed by atoms with Crippen molar-refractivity contribution in [2.45, 2.75) is 39.2 Å². The van der Waals surface area contributed by atoms with Gasteiger partial charge in [-0.05, 0) is 74.1 Å². The first-order chi connectivity index (χ1) is 16.0. The second kappa shape index (κ2) is 9.02. The van der Waals surface area contributed by atoms with Gasteiger partial charge in [0.2, 0.25) is 0 Å². The lowest BCUT2D eigenvalue weighted by molar-refractivity contribution is 0.0636. The summed E-state index contributed by atoms with van der Waals surface area (Å²) in [7, 11) is 0. The van der Waals surface area contributed by atoms with Gasteiger partial charge in [0, 0.05) is 36.6 Å². The van der Waals surface area contributed by atoms with Gasteiger partial charge < -0.3 is 20.3 Å². The minimum Gasteiger partial charge on any atom is -0.382 e. The van der Waals surface area contributed by atoms with Gasteiger partial charge in [0.25, 0.3) is 5.91 Å². The van der Waals surface area contributed by atoms with E-state index in [4.69, 9.17) is 10.5 Å². The molecule has 2 aromatic carbocycles. The molecular weight excluding hydrogens is 412 g/mol. The van der Waals surface area contributed by atoms with Crippen LogP contribution in [0.5, 0.6) is 0 Å². The zero-order chi connectivity index (χ0) is 22.9. The molecule has 2 aliphatic heterocycles. The highest BCUT2D eigenvalue weighted by Crippen LogP contribution is 2.34. The molecule has 2 N–H and O–H groups in total. The van der Waals surface area contributed by atoms with Gasteiger partial charge in [-0.25, -0.2) is 4.98 Å². The van der Waals surface area contributed by atoms with Crippen molar-refractivity contribution in [3.63, 3.8) is 0 Å². The molecule has 0 saturated carbocycles. The van der Waals surface area contributed by atoms with Crippen molar-refractivity contribution in [2.24, 2.45) is 0 Å². The highest BCUT2D eigenvalue weighted by Gasteiger charge is 2.27. The van der Waals surface area contributed by atoms with Crippen molar-refractivity contribution < 1.29 is 9.53 Å². The topological polar surface area (TPSA) is 71.7 Å². The Hall–Kier alpha value is -3.12. The molecule has 1 amide bonds. The summed E-state index contributed by atoms with van der Waals surface area (Å²) < 4.78 is 5.49. The number of carbonyl (C=O) groups excluding carboxylic acids is 1. The van der Waals surface area contributed by atoms with Crippen molar-refractivity contribution >= 4 is 28.3 Å². The molecule has 6 heteroatoms. The van der Waals surface area contributed by atoms with E-state index in [1.54, 1.807) is 0 Å². The number of rotatable bonds is 3. The number of hydrogen-bond donors (Lipinski definition) is 1. The number of pyridine rings is 1. The number of nitrogen functional groups attached to an aromatic ring is 1. The van der Waals surface area contributed by atoms with Crippen LogP contribution in [-0.2, 0) is 4.74 Å². The number of ether oxygens (including phenoxy) is 1. The number of nitrogens with two attached hydrogens (primary N) is 1. The molecule has 1 atom stereocenters. The number of anilines is 2. The Morgan fingerprint density at radius 1 is 1.09 bits per heavy atom. The molecule has 2 saturated heterocycles. The Morgan fingerprint density at radius 3 is 2.70 bits per heavy atom. The molecule has 2 fully saturated rings. The number of likely N-dealkylation sites (tertiary alicyclic amines) is 1. The third-order valence-corrected chi connectivity index (χ3v) is 7.03. The molecule has 33 heavy (non-hydrogen) atoms. The van der Waals surface area contributed by atoms with Crippen LogP contribution >= 0.6 is 0 Å². The van der Waals surface area contributed by atoms with Gasteiger partial charge in [-0.2, -0.15) is 0 Å². The number of morpholine rings is 1. The number of hydrogen-bond acceptors (Lipinski definition) is 5. The monoisotopic (exact) mass is 444 g/mol. The third kappa shape index (κ3) is 4.15. The number of aryl methyl sites for hydroxylation is 1. The molecular formula is C27H32N4O2. The van der Waals surface area contributed by atoms with E-state index in [0.717, 1.165) is 71.3 Å². The van der Waals surface area contributed by atoms with E-state index in [2.05, 4.69) is 48.0 Å². The third-order valence-electron chi connectivity index (χ3n) is 7.03. The molecule has 1 unspecified atom stereocenters. The van der Waals surface area contributed by atoms with Gasteiger partial charge in [-0.3, -0.25) is 4.79 Å². The SMILES string of the molecule is Cc1cccc(C(=O)N2CCCCC2C)c1-c1ccc2nc(N)c(N3CCOCC3)cc2c1. The Labute approximate surface area is 195 Å². The van der Waals surface area contributed by atoms with Gasteiger partial charge in [-0.1, -0.05) is 18.2 Å². The minimum absolute atomic E-state index is 0.130. The van der Waals surface area contributed by atoms with E-state index in [9.17, 15) is 4.79 Å². The van der Waals surface area contributed by atoms with Crippen LogP contribution in [0.3, 0.4) is 0 Å². The second-order valence-corrected chi connectivity index (χ2v) is 9.24. The van der Waals surface area contributed by atoms with Crippen LogP contribution < -0.4 is 10.6 Å². The molecule has 0 bridgehead atoms. The van der Waals surface area contributed by atoms with Crippen LogP contribution in [0.2, 0.25) is 0 Å². The first kappa shape index (κ1) is 21.7. The fourth-order valence-electron chi connectivity index (χ4n) is 5.18. The standard InChI is InChI=1S/C27H32N4O2/c1-18-6-5-8-22(27(32)31-11-4-3-7-19(31)2)25(18)20-9-10-23-21(16-20)17-24(26(28)29-23)30-12-14-33-15-13-30/h5-6,8-10,16-17,19H,3-4,7,11-15H2,1-2H3,(H2,28,29). The number of fused-ring (bicyclic) bond motifs is 1. The fourth-order valence-corrected chi connectivity index (χ4v) is 5.18. The summed E-state index contributed by atoms with van der Waals surface area (Å²) in [5.41, 5.74) is 12.0. The highest BCUT2D eigenvalue weighted by molar-refractivity contribution is 6.03. The number of aromatic nitrogens is 1. The normalized spacial score (nSPS) is 19.2. The quantitative estimate of drug-likeness (QED) is 0.637. The molecule has 0 spiro atoms. The maximum atomic E-state index is 13.6. The van der Waals surface area contributed by atoms with Crippen LogP contribution in [-0.4, -0.2) is 54.7 Å². The number of benzene rings is 2. The first-order valence-electron chi connectivity index (χ1n) is 12.0. The molecule has 3 heterocycles. The smallest absolute Gasteiger partial charge is 0.254 e. The van der Waals surface area contributed by atoms with Gasteiger partial charge in [0.05, 0.1) is 24.4 Å². The Morgan fingerprint density at radius 2 is 1.91 bits per heavy atom. The van der Waals surface area contributed by atoms with Gasteiger partial charge in [0.15, 0.2) is 0 Å². The Bertz CT molecular complexity index is 1190. The van der Waals surface area contributed by atoms with Crippen molar-refractivity contribution in [1.82, 2.24) is 9.88 Å². The summed E-state index contributed by atoms with van der Waals surface area (Å²) >= 11 is 0. The number of nitrogens with zero attached hydrogens (tertiary/aromatic N) is 3. The average Bonchev–Trinajstić information content (AvgIpc) is 2.84. The average molecular weight is 445 g/mol. The summed E-state index contributed by atoms with van der Waals surface area (Å²) in [6.45, 7) is 8.07. The molecule has 5 rings (SSSR count). The second-order valence-electron chi connectivity index (χ2n) is 9.24. The largest absolute Gasteiger partial charge is 0.382 e. The summed E-state index contributed by atoms with van der Waals surface area (Å²) in [5.74, 6) is 0.674. The van der Waals surface area contributed by atoms with Gasteiger partial charge in [0.1, 0.15) is 5.82 Å². The first-order valence-corrected chi connectivity index (χ1v) is 12.0. The number of carbonyl (C=O) groups is 1. The fraction of sp³-hybridized carbons (Fsp3) is 0.407. The van der Waals surface area contributed by atoms with Crippen LogP contribution in [0.1, 0.15) is 42.1 Å². The maximum absolute atomic E-state index is 13.6. The van der Waals surface area contributed by atoms with Crippen LogP contribution in [0.25, 0.3) is 22.0 Å². The lowest BCUT2D eigenvalue weighted by Gasteiger charge is -2.34. The molecule has 172 valence electrons. The minimum atomic E-state index is 0.130. The molecule has 0 radical (unpaired) electrons. The summed E-state index contributed by atoms with van der Waals surface area (Å²) in [6, 6.07) is 14.6. The predicted molar refractivity (Wildman–Crippen MR) is 134 cm³/mol. The van der Waals surface area contributed by atoms with Crippen molar-refractivity contribution in [3.05, 3.63) is 53.6 Å². The lowest BCUT2D eigenvalue weighted by Crippen LogP contribution is -2.42. The van der Waals surface area contributed by atoms with Crippen molar-refractivity contribution in [3.8, 4) is 11.1 Å². The summed E-state index contributed by atoms with van der Waals surface area (Å²) in [6.07, 6.45) is 3.34. The van der Waals surface area contributed by atoms with Gasteiger partial charge >= 0.3 is 0 Å². The zero-order valence-electron chi connectivity index (χ0n) is 19.5. The van der Waals surface area contributed by atoms with E-state index >= 15 is 0 Å². The van der Waals surface area contributed by atoms with E-state index < -0.39 is 0 Å². The van der Waals surface area contributed by atoms with E-state index in [1.807, 2.05) is 23.1 Å². The van der Waals surface area contributed by atoms with Crippen LogP contribution in [0.15, 0.2) is 42.5 Å². The molecule has 3 aromatic rings. The van der Waals surface area contributed by atoms with Crippen molar-refractivity contribution in [2.75, 3.05) is 43.5 Å². The molecule has 1 aromatic heterocycles. The highest BCUT2D eigenvalue weighted by atomic mass is 16.5. The Balaban J connectivity index is 1.57. The molecule has 6 nitrogen and oxygen atoms in total. The van der Waals surface area contributed by atoms with E-state index in [0.29, 0.717) is 19.0 Å². The summed E-state index contributed by atoms with van der Waals surface area (Å²) in [5, 5.41) is 1.02. The van der Waals surface area contributed by atoms with Crippen LogP contribution in [0.4, 0.5) is 11.5 Å². The summed E-state index contributed by atoms with van der Waals surface area (Å²) in [4.78, 5) is 22.6. The number of amides is 1.